The van der Waals surface area contributed by atoms with Crippen LogP contribution in [0, 0.1) is 10.1 Å². The van der Waals surface area contributed by atoms with Crippen LogP contribution in [0.1, 0.15) is 22.8 Å². The first kappa shape index (κ1) is 14.4. The molecule has 7 nitrogen and oxygen atoms in total. The van der Waals surface area contributed by atoms with E-state index < -0.39 is 10.8 Å². The molecule has 0 atom stereocenters. The predicted molar refractivity (Wildman–Crippen MR) is 69.3 cm³/mol. The van der Waals surface area contributed by atoms with Gasteiger partial charge in [0.2, 0.25) is 11.8 Å². The summed E-state index contributed by atoms with van der Waals surface area (Å²) in [6.45, 7) is 1.68. The summed E-state index contributed by atoms with van der Waals surface area (Å²) in [6.07, 6.45) is 3.18. The molecule has 0 fully saturated rings. The quantitative estimate of drug-likeness (QED) is 0.605. The first-order valence-electron chi connectivity index (χ1n) is 5.40. The first-order chi connectivity index (χ1) is 8.90. The topological polar surface area (TPSA) is 115 Å². The minimum Gasteiger partial charge on any atom is -0.366 e. The number of hydrogen-bond acceptors (Lipinski definition) is 4. The molecule has 0 aliphatic rings. The average molecular weight is 263 g/mol. The molecule has 0 aliphatic heterocycles. The normalized spacial score (nSPS) is 10.4. The Morgan fingerprint density at radius 2 is 2.11 bits per heavy atom. The number of carbonyl (C=O) groups is 2. The maximum atomic E-state index is 11.1. The van der Waals surface area contributed by atoms with Gasteiger partial charge in [-0.1, -0.05) is 12.2 Å². The Balaban J connectivity index is 2.96. The van der Waals surface area contributed by atoms with Crippen LogP contribution in [0.3, 0.4) is 0 Å². The van der Waals surface area contributed by atoms with Gasteiger partial charge < -0.3 is 11.1 Å². The van der Waals surface area contributed by atoms with Gasteiger partial charge in [-0.25, -0.2) is 0 Å². The lowest BCUT2D eigenvalue weighted by atomic mass is 10.1. The van der Waals surface area contributed by atoms with E-state index in [1.54, 1.807) is 12.2 Å². The molecule has 19 heavy (non-hydrogen) atoms. The number of hydrogen-bond donors (Lipinski definition) is 2. The summed E-state index contributed by atoms with van der Waals surface area (Å²) in [7, 11) is 0. The zero-order valence-electron chi connectivity index (χ0n) is 10.3. The molecular formula is C12H13N3O4. The lowest BCUT2D eigenvalue weighted by molar-refractivity contribution is -0.384. The van der Waals surface area contributed by atoms with Crippen molar-refractivity contribution in [2.24, 2.45) is 5.73 Å². The van der Waals surface area contributed by atoms with Gasteiger partial charge in [0, 0.05) is 31.2 Å². The third-order valence-electron chi connectivity index (χ3n) is 2.21. The third-order valence-corrected chi connectivity index (χ3v) is 2.21. The molecular weight excluding hydrogens is 250 g/mol. The molecule has 100 valence electrons. The maximum Gasteiger partial charge on any atom is 0.270 e. The number of nitro benzene ring substituents is 1. The molecule has 0 saturated heterocycles. The van der Waals surface area contributed by atoms with Gasteiger partial charge in [-0.2, -0.15) is 0 Å². The van der Waals surface area contributed by atoms with E-state index in [1.165, 1.54) is 19.1 Å². The lowest BCUT2D eigenvalue weighted by Gasteiger charge is -2.00. The van der Waals surface area contributed by atoms with E-state index in [1.807, 2.05) is 0 Å². The van der Waals surface area contributed by atoms with Crippen molar-refractivity contribution in [1.29, 1.82) is 0 Å². The van der Waals surface area contributed by atoms with Crippen molar-refractivity contribution < 1.29 is 14.5 Å². The SMILES string of the molecule is CC(=O)NCC=Cc1cc(C(N)=O)cc([N+](=O)[O-])c1. The van der Waals surface area contributed by atoms with Crippen LogP contribution in [0.25, 0.3) is 6.08 Å². The van der Waals surface area contributed by atoms with Crippen molar-refractivity contribution in [2.75, 3.05) is 6.54 Å². The molecule has 2 amide bonds. The molecule has 7 heteroatoms. The number of amides is 2. The summed E-state index contributed by atoms with van der Waals surface area (Å²) in [5.41, 5.74) is 5.42. The summed E-state index contributed by atoms with van der Waals surface area (Å²) in [5, 5.41) is 13.3. The van der Waals surface area contributed by atoms with Crippen LogP contribution in [0.4, 0.5) is 5.69 Å². The second-order valence-electron chi connectivity index (χ2n) is 3.77. The van der Waals surface area contributed by atoms with Crippen molar-refractivity contribution in [3.8, 4) is 0 Å². The van der Waals surface area contributed by atoms with Crippen LogP contribution in [0.2, 0.25) is 0 Å². The Labute approximate surface area is 109 Å². The minimum absolute atomic E-state index is 0.0633. The van der Waals surface area contributed by atoms with Gasteiger partial charge in [0.25, 0.3) is 5.69 Å². The average Bonchev–Trinajstić information content (AvgIpc) is 2.34. The monoisotopic (exact) mass is 263 g/mol. The molecule has 1 aromatic carbocycles. The van der Waals surface area contributed by atoms with Crippen LogP contribution < -0.4 is 11.1 Å². The number of benzene rings is 1. The van der Waals surface area contributed by atoms with Crippen molar-refractivity contribution in [2.45, 2.75) is 6.92 Å². The summed E-state index contributed by atoms with van der Waals surface area (Å²) in [6, 6.07) is 3.88. The number of rotatable bonds is 5. The van der Waals surface area contributed by atoms with Crippen LogP contribution >= 0.6 is 0 Å². The highest BCUT2D eigenvalue weighted by atomic mass is 16.6. The molecule has 1 aromatic rings. The molecule has 0 aromatic heterocycles. The van der Waals surface area contributed by atoms with E-state index in [2.05, 4.69) is 5.32 Å². The van der Waals surface area contributed by atoms with Gasteiger partial charge in [0.1, 0.15) is 0 Å². The van der Waals surface area contributed by atoms with E-state index in [9.17, 15) is 19.7 Å². The zero-order chi connectivity index (χ0) is 14.4. The summed E-state index contributed by atoms with van der Waals surface area (Å²) in [5.74, 6) is -0.915. The number of nitrogens with one attached hydrogen (secondary N) is 1. The molecule has 0 saturated carbocycles. The van der Waals surface area contributed by atoms with Gasteiger partial charge in [0.05, 0.1) is 4.92 Å². The fraction of sp³-hybridized carbons (Fsp3) is 0.167. The van der Waals surface area contributed by atoms with E-state index >= 15 is 0 Å². The van der Waals surface area contributed by atoms with E-state index in [0.29, 0.717) is 12.1 Å². The Morgan fingerprint density at radius 1 is 1.42 bits per heavy atom. The third kappa shape index (κ3) is 4.58. The van der Waals surface area contributed by atoms with Gasteiger partial charge in [-0.3, -0.25) is 19.7 Å². The highest BCUT2D eigenvalue weighted by molar-refractivity contribution is 5.94. The van der Waals surface area contributed by atoms with E-state index in [4.69, 9.17) is 5.73 Å². The molecule has 0 aliphatic carbocycles. The Kier molecular flexibility index (Phi) is 4.76. The first-order valence-corrected chi connectivity index (χ1v) is 5.40. The minimum atomic E-state index is -0.736. The Bertz CT molecular complexity index is 520. The predicted octanol–water partition coefficient (Wildman–Crippen LogP) is 0.843. The van der Waals surface area contributed by atoms with Crippen molar-refractivity contribution >= 4 is 23.6 Å². The fourth-order valence-electron chi connectivity index (χ4n) is 1.38. The summed E-state index contributed by atoms with van der Waals surface area (Å²) >= 11 is 0. The molecule has 0 bridgehead atoms. The van der Waals surface area contributed by atoms with Gasteiger partial charge in [0.15, 0.2) is 0 Å². The van der Waals surface area contributed by atoms with Crippen LogP contribution in [0.5, 0.6) is 0 Å². The number of nitro groups is 1. The zero-order valence-corrected chi connectivity index (χ0v) is 10.3. The number of carbonyl (C=O) groups excluding carboxylic acids is 2. The lowest BCUT2D eigenvalue weighted by Crippen LogP contribution is -2.19. The second kappa shape index (κ2) is 6.29. The summed E-state index contributed by atoms with van der Waals surface area (Å²) in [4.78, 5) is 31.8. The number of primary amides is 1. The van der Waals surface area contributed by atoms with Gasteiger partial charge >= 0.3 is 0 Å². The highest BCUT2D eigenvalue weighted by Gasteiger charge is 2.11. The Morgan fingerprint density at radius 3 is 2.63 bits per heavy atom. The summed E-state index contributed by atoms with van der Waals surface area (Å²) < 4.78 is 0. The number of nitrogens with zero attached hydrogens (tertiary/aromatic N) is 1. The molecule has 0 spiro atoms. The molecule has 0 radical (unpaired) electrons. The molecule has 0 heterocycles. The van der Waals surface area contributed by atoms with Crippen LogP contribution in [-0.2, 0) is 4.79 Å². The van der Waals surface area contributed by atoms with Crippen molar-refractivity contribution in [1.82, 2.24) is 5.32 Å². The van der Waals surface area contributed by atoms with E-state index in [0.717, 1.165) is 6.07 Å². The molecule has 3 N–H and O–H groups in total. The number of nitrogens with two attached hydrogens (primary N) is 1. The smallest absolute Gasteiger partial charge is 0.270 e. The van der Waals surface area contributed by atoms with Gasteiger partial charge in [-0.15, -0.1) is 0 Å². The Hall–Kier alpha value is -2.70. The van der Waals surface area contributed by atoms with Crippen LogP contribution in [0.15, 0.2) is 24.3 Å². The standard InChI is InChI=1S/C12H13N3O4/c1-8(16)14-4-2-3-9-5-10(12(13)17)7-11(6-9)15(18)19/h2-3,5-7H,4H2,1H3,(H2,13,17)(H,14,16). The highest BCUT2D eigenvalue weighted by Crippen LogP contribution is 2.18. The molecule has 0 unspecified atom stereocenters. The van der Waals surface area contributed by atoms with Crippen molar-refractivity contribution in [3.05, 3.63) is 45.5 Å². The largest absolute Gasteiger partial charge is 0.366 e. The number of non-ortho nitro benzene ring substituents is 1. The van der Waals surface area contributed by atoms with Crippen LogP contribution in [-0.4, -0.2) is 23.3 Å². The second-order valence-corrected chi connectivity index (χ2v) is 3.77. The van der Waals surface area contributed by atoms with Gasteiger partial charge in [-0.05, 0) is 11.6 Å². The fourth-order valence-corrected chi connectivity index (χ4v) is 1.38. The molecule has 1 rings (SSSR count). The maximum absolute atomic E-state index is 11.1. The van der Waals surface area contributed by atoms with Crippen molar-refractivity contribution in [3.63, 3.8) is 0 Å². The van der Waals surface area contributed by atoms with E-state index in [-0.39, 0.29) is 17.2 Å².